The largest absolute Gasteiger partial charge is 0.493 e. The van der Waals surface area contributed by atoms with Gasteiger partial charge < -0.3 is 19.5 Å². The van der Waals surface area contributed by atoms with Crippen molar-refractivity contribution in [2.24, 2.45) is 0 Å². The van der Waals surface area contributed by atoms with E-state index in [2.05, 4.69) is 0 Å². The normalized spacial score (nSPS) is 11.5. The van der Waals surface area contributed by atoms with E-state index in [0.29, 0.717) is 23.1 Å². The summed E-state index contributed by atoms with van der Waals surface area (Å²) in [5.41, 5.74) is -0.00593. The number of benzene rings is 2. The topological polar surface area (TPSA) is 73.9 Å². The number of halogens is 3. The van der Waals surface area contributed by atoms with E-state index in [1.807, 2.05) is 5.32 Å². The summed E-state index contributed by atoms with van der Waals surface area (Å²) >= 11 is 0. The van der Waals surface area contributed by atoms with E-state index in [-0.39, 0.29) is 6.42 Å². The van der Waals surface area contributed by atoms with Crippen LogP contribution in [0.15, 0.2) is 30.3 Å². The smallest absolute Gasteiger partial charge is 0.311 e. The molecule has 0 aliphatic rings. The lowest BCUT2D eigenvalue weighted by Gasteiger charge is -2.14. The first kappa shape index (κ1) is 21.1. The molecule has 1 N–H and O–H groups in total. The molecule has 2 aromatic carbocycles. The average Bonchev–Trinajstić information content (AvgIpc) is 2.68. The molecule has 1 amide bonds. The molecule has 0 spiro atoms. The van der Waals surface area contributed by atoms with Gasteiger partial charge in [0, 0.05) is 0 Å². The second-order valence-electron chi connectivity index (χ2n) is 5.71. The lowest BCUT2D eigenvalue weighted by Crippen LogP contribution is -2.31. The van der Waals surface area contributed by atoms with Crippen LogP contribution in [0.5, 0.6) is 11.5 Å². The van der Waals surface area contributed by atoms with Gasteiger partial charge in [-0.2, -0.15) is 0 Å². The zero-order valence-electron chi connectivity index (χ0n) is 15.3. The van der Waals surface area contributed by atoms with Gasteiger partial charge >= 0.3 is 5.97 Å². The second-order valence-corrected chi connectivity index (χ2v) is 5.71. The van der Waals surface area contributed by atoms with Gasteiger partial charge in [0.2, 0.25) is 0 Å². The number of hydrogen-bond acceptors (Lipinski definition) is 5. The Kier molecular flexibility index (Phi) is 6.86. The Hall–Kier alpha value is -3.23. The molecule has 0 saturated carbocycles. The highest BCUT2D eigenvalue weighted by atomic mass is 19.2. The molecule has 0 radical (unpaired) electrons. The van der Waals surface area contributed by atoms with Crippen molar-refractivity contribution in [2.75, 3.05) is 19.5 Å². The number of carbonyl (C=O) groups is 2. The minimum Gasteiger partial charge on any atom is -0.493 e. The Labute approximate surface area is 159 Å². The van der Waals surface area contributed by atoms with Crippen molar-refractivity contribution in [3.05, 3.63) is 53.3 Å². The fourth-order valence-corrected chi connectivity index (χ4v) is 2.31. The molecule has 150 valence electrons. The second kappa shape index (κ2) is 9.12. The van der Waals surface area contributed by atoms with E-state index in [9.17, 15) is 22.8 Å². The molecule has 0 heterocycles. The van der Waals surface area contributed by atoms with Gasteiger partial charge in [-0.15, -0.1) is 0 Å². The van der Waals surface area contributed by atoms with E-state index in [0.717, 1.165) is 6.07 Å². The van der Waals surface area contributed by atoms with Crippen LogP contribution in [0, 0.1) is 17.5 Å². The number of methoxy groups -OCH3 is 2. The summed E-state index contributed by atoms with van der Waals surface area (Å²) in [6, 6.07) is 6.36. The highest BCUT2D eigenvalue weighted by Crippen LogP contribution is 2.27. The van der Waals surface area contributed by atoms with Crippen LogP contribution in [0.3, 0.4) is 0 Å². The molecule has 0 aliphatic carbocycles. The lowest BCUT2D eigenvalue weighted by atomic mass is 10.1. The number of nitrogens with one attached hydrogen (secondary N) is 1. The average molecular weight is 397 g/mol. The van der Waals surface area contributed by atoms with Gasteiger partial charge in [0.1, 0.15) is 0 Å². The van der Waals surface area contributed by atoms with Crippen LogP contribution < -0.4 is 14.8 Å². The van der Waals surface area contributed by atoms with Gasteiger partial charge in [-0.1, -0.05) is 6.07 Å². The van der Waals surface area contributed by atoms with Crippen LogP contribution in [-0.4, -0.2) is 32.2 Å². The van der Waals surface area contributed by atoms with Crippen LogP contribution in [0.1, 0.15) is 12.5 Å². The molecule has 0 saturated heterocycles. The van der Waals surface area contributed by atoms with E-state index >= 15 is 0 Å². The van der Waals surface area contributed by atoms with E-state index in [1.165, 1.54) is 21.1 Å². The standard InChI is InChI=1S/C19H18F3NO5/c1-10(19(25)23-13-6-5-12(20)17(21)18(13)22)28-16(24)9-11-4-7-14(26-2)15(8-11)27-3/h4-8,10H,9H2,1-3H3,(H,23,25)/t10-/m0/s1. The molecule has 0 aromatic heterocycles. The van der Waals surface area contributed by atoms with E-state index < -0.39 is 41.1 Å². The molecule has 0 unspecified atom stereocenters. The summed E-state index contributed by atoms with van der Waals surface area (Å²) in [5, 5.41) is 2.05. The number of hydrogen-bond donors (Lipinski definition) is 1. The molecule has 2 aromatic rings. The maximum absolute atomic E-state index is 13.6. The molecule has 0 bridgehead atoms. The van der Waals surface area contributed by atoms with Crippen LogP contribution in [-0.2, 0) is 20.7 Å². The summed E-state index contributed by atoms with van der Waals surface area (Å²) < 4.78 is 55.0. The first-order valence-electron chi connectivity index (χ1n) is 8.11. The van der Waals surface area contributed by atoms with Crippen molar-refractivity contribution < 1.29 is 37.0 Å². The van der Waals surface area contributed by atoms with Crippen molar-refractivity contribution in [1.82, 2.24) is 0 Å². The van der Waals surface area contributed by atoms with Crippen molar-refractivity contribution in [2.45, 2.75) is 19.4 Å². The van der Waals surface area contributed by atoms with Crippen LogP contribution in [0.25, 0.3) is 0 Å². The maximum atomic E-state index is 13.6. The molecule has 2 rings (SSSR count). The Bertz CT molecular complexity index is 888. The molecule has 28 heavy (non-hydrogen) atoms. The van der Waals surface area contributed by atoms with Gasteiger partial charge in [0.25, 0.3) is 5.91 Å². The third-order valence-corrected chi connectivity index (χ3v) is 3.77. The monoisotopic (exact) mass is 397 g/mol. The van der Waals surface area contributed by atoms with Crippen LogP contribution in [0.2, 0.25) is 0 Å². The Morgan fingerprint density at radius 2 is 1.68 bits per heavy atom. The minimum absolute atomic E-state index is 0.155. The van der Waals surface area contributed by atoms with Gasteiger partial charge in [0.15, 0.2) is 35.1 Å². The maximum Gasteiger partial charge on any atom is 0.311 e. The molecule has 1 atom stereocenters. The molecule has 9 heteroatoms. The van der Waals surface area contributed by atoms with Crippen molar-refractivity contribution in [1.29, 1.82) is 0 Å². The number of rotatable bonds is 7. The summed E-state index contributed by atoms with van der Waals surface area (Å²) in [7, 11) is 2.92. The van der Waals surface area contributed by atoms with Gasteiger partial charge in [-0.3, -0.25) is 9.59 Å². The molecular formula is C19H18F3NO5. The Balaban J connectivity index is 1.98. The van der Waals surface area contributed by atoms with Crippen LogP contribution >= 0.6 is 0 Å². The van der Waals surface area contributed by atoms with E-state index in [1.54, 1.807) is 18.2 Å². The minimum atomic E-state index is -1.71. The molecule has 0 aliphatic heterocycles. The third kappa shape index (κ3) is 4.93. The Morgan fingerprint density at radius 3 is 2.32 bits per heavy atom. The number of amides is 1. The lowest BCUT2D eigenvalue weighted by molar-refractivity contribution is -0.152. The number of anilines is 1. The number of ether oxygens (including phenoxy) is 3. The highest BCUT2D eigenvalue weighted by molar-refractivity contribution is 5.95. The fraction of sp³-hybridized carbons (Fsp3) is 0.263. The summed E-state index contributed by atoms with van der Waals surface area (Å²) in [4.78, 5) is 24.1. The first-order valence-corrected chi connectivity index (χ1v) is 8.11. The predicted molar refractivity (Wildman–Crippen MR) is 93.7 cm³/mol. The zero-order chi connectivity index (χ0) is 20.8. The molecular weight excluding hydrogens is 379 g/mol. The predicted octanol–water partition coefficient (Wildman–Crippen LogP) is 3.23. The van der Waals surface area contributed by atoms with E-state index in [4.69, 9.17) is 14.2 Å². The van der Waals surface area contributed by atoms with Gasteiger partial charge in [-0.05, 0) is 36.8 Å². The summed E-state index contributed by atoms with van der Waals surface area (Å²) in [6.45, 7) is 1.26. The number of esters is 1. The fourth-order valence-electron chi connectivity index (χ4n) is 2.31. The highest BCUT2D eigenvalue weighted by Gasteiger charge is 2.21. The third-order valence-electron chi connectivity index (χ3n) is 3.77. The van der Waals surface area contributed by atoms with Crippen molar-refractivity contribution >= 4 is 17.6 Å². The van der Waals surface area contributed by atoms with Crippen molar-refractivity contribution in [3.63, 3.8) is 0 Å². The molecule has 6 nitrogen and oxygen atoms in total. The number of carbonyl (C=O) groups excluding carboxylic acids is 2. The van der Waals surface area contributed by atoms with Crippen LogP contribution in [0.4, 0.5) is 18.9 Å². The Morgan fingerprint density at radius 1 is 1.00 bits per heavy atom. The summed E-state index contributed by atoms with van der Waals surface area (Å²) in [6.07, 6.45) is -1.45. The SMILES string of the molecule is COc1ccc(CC(=O)O[C@@H](C)C(=O)Nc2ccc(F)c(F)c2F)cc1OC. The first-order chi connectivity index (χ1) is 13.3. The quantitative estimate of drug-likeness (QED) is 0.574. The van der Waals surface area contributed by atoms with Gasteiger partial charge in [-0.25, -0.2) is 13.2 Å². The summed E-state index contributed by atoms with van der Waals surface area (Å²) in [5.74, 6) is -5.35. The molecule has 0 fully saturated rings. The zero-order valence-corrected chi connectivity index (χ0v) is 15.3. The van der Waals surface area contributed by atoms with Gasteiger partial charge in [0.05, 0.1) is 26.3 Å². The van der Waals surface area contributed by atoms with Crippen molar-refractivity contribution in [3.8, 4) is 11.5 Å².